The van der Waals surface area contributed by atoms with Gasteiger partial charge in [-0.15, -0.1) is 0 Å². The third kappa shape index (κ3) is 6.49. The Morgan fingerprint density at radius 2 is 1.49 bits per heavy atom. The standard InChI is InChI=1S/C36H37F6N/c1-2-3-4-5-21-6-9-24(30(37)19-21)10-7-22-8-16-28-29(18-22)35(41)36(42)31(33(28)39)25-13-11-23(12-14-25)27-17-15-26(20-43)32(38)34(27)40/h6,9,15,17,19,22-23,25H,2-5,7-8,10-14,16,18H2,1H3. The summed E-state index contributed by atoms with van der Waals surface area (Å²) >= 11 is 0. The third-order valence-corrected chi connectivity index (χ3v) is 9.67. The molecule has 0 N–H and O–H groups in total. The minimum absolute atomic E-state index is 0.00608. The number of nitriles is 1. The third-order valence-electron chi connectivity index (χ3n) is 9.67. The maximum absolute atomic E-state index is 15.8. The number of aryl methyl sites for hydroxylation is 2. The number of hydrogen-bond acceptors (Lipinski definition) is 1. The molecule has 1 atom stereocenters. The van der Waals surface area contributed by atoms with Gasteiger partial charge in [0.15, 0.2) is 23.3 Å². The molecule has 228 valence electrons. The van der Waals surface area contributed by atoms with Crippen molar-refractivity contribution in [3.05, 3.63) is 104 Å². The van der Waals surface area contributed by atoms with Crippen LogP contribution in [0.1, 0.15) is 115 Å². The van der Waals surface area contributed by atoms with E-state index < -0.39 is 35.0 Å². The van der Waals surface area contributed by atoms with Crippen molar-refractivity contribution >= 4 is 0 Å². The lowest BCUT2D eigenvalue weighted by molar-refractivity contribution is 0.348. The molecular weight excluding hydrogens is 560 g/mol. The Labute approximate surface area is 249 Å². The van der Waals surface area contributed by atoms with Gasteiger partial charge in [-0.25, -0.2) is 26.3 Å². The van der Waals surface area contributed by atoms with Crippen molar-refractivity contribution < 1.29 is 26.3 Å². The summed E-state index contributed by atoms with van der Waals surface area (Å²) < 4.78 is 90.1. The quantitative estimate of drug-likeness (QED) is 0.137. The monoisotopic (exact) mass is 597 g/mol. The number of halogens is 6. The zero-order valence-electron chi connectivity index (χ0n) is 24.5. The van der Waals surface area contributed by atoms with E-state index in [0.717, 1.165) is 31.2 Å². The Morgan fingerprint density at radius 3 is 2.19 bits per heavy atom. The fourth-order valence-electron chi connectivity index (χ4n) is 7.14. The number of unbranched alkanes of at least 4 members (excludes halogenated alkanes) is 2. The summed E-state index contributed by atoms with van der Waals surface area (Å²) in [6.45, 7) is 2.13. The Bertz CT molecular complexity index is 1520. The molecule has 0 aromatic heterocycles. The molecule has 5 rings (SSSR count). The number of nitrogens with zero attached hydrogens (tertiary/aromatic N) is 1. The van der Waals surface area contributed by atoms with Crippen LogP contribution in [-0.2, 0) is 25.7 Å². The van der Waals surface area contributed by atoms with Gasteiger partial charge < -0.3 is 0 Å². The van der Waals surface area contributed by atoms with Crippen LogP contribution in [0.2, 0.25) is 0 Å². The molecule has 1 nitrogen and oxygen atoms in total. The van der Waals surface area contributed by atoms with Gasteiger partial charge in [-0.3, -0.25) is 0 Å². The van der Waals surface area contributed by atoms with Gasteiger partial charge in [0.25, 0.3) is 0 Å². The van der Waals surface area contributed by atoms with Crippen molar-refractivity contribution in [2.24, 2.45) is 5.92 Å². The van der Waals surface area contributed by atoms with Crippen molar-refractivity contribution in [1.29, 1.82) is 5.26 Å². The molecule has 1 unspecified atom stereocenters. The SMILES string of the molecule is CCCCCc1ccc(CCC2CCc3c(F)c(C4CCC(c5ccc(C#N)c(F)c5F)CC4)c(F)c(F)c3C2)c(F)c1. The van der Waals surface area contributed by atoms with Crippen molar-refractivity contribution in [2.45, 2.75) is 102 Å². The van der Waals surface area contributed by atoms with Crippen LogP contribution < -0.4 is 0 Å². The number of hydrogen-bond donors (Lipinski definition) is 0. The summed E-state index contributed by atoms with van der Waals surface area (Å²) in [6, 6.07) is 9.64. The van der Waals surface area contributed by atoms with Gasteiger partial charge >= 0.3 is 0 Å². The zero-order valence-corrected chi connectivity index (χ0v) is 24.5. The van der Waals surface area contributed by atoms with Gasteiger partial charge in [-0.1, -0.05) is 38.0 Å². The predicted octanol–water partition coefficient (Wildman–Crippen LogP) is 10.3. The van der Waals surface area contributed by atoms with Crippen LogP contribution in [0.3, 0.4) is 0 Å². The molecule has 43 heavy (non-hydrogen) atoms. The van der Waals surface area contributed by atoms with E-state index in [1.165, 1.54) is 12.1 Å². The predicted molar refractivity (Wildman–Crippen MR) is 155 cm³/mol. The van der Waals surface area contributed by atoms with E-state index in [9.17, 15) is 13.2 Å². The normalized spacial score (nSPS) is 20.1. The molecule has 0 heterocycles. The maximum atomic E-state index is 15.8. The fraction of sp³-hybridized carbons (Fsp3) is 0.472. The second-order valence-corrected chi connectivity index (χ2v) is 12.3. The minimum atomic E-state index is -1.19. The molecule has 0 aliphatic heterocycles. The van der Waals surface area contributed by atoms with Crippen LogP contribution in [0.4, 0.5) is 26.3 Å². The van der Waals surface area contributed by atoms with Crippen LogP contribution in [0.15, 0.2) is 30.3 Å². The lowest BCUT2D eigenvalue weighted by Gasteiger charge is -2.32. The summed E-state index contributed by atoms with van der Waals surface area (Å²) in [6.07, 6.45) is 7.64. The second-order valence-electron chi connectivity index (χ2n) is 12.3. The molecular formula is C36H37F6N. The first-order valence-corrected chi connectivity index (χ1v) is 15.6. The summed E-state index contributed by atoms with van der Waals surface area (Å²) in [5.74, 6) is -6.24. The maximum Gasteiger partial charge on any atom is 0.176 e. The first kappa shape index (κ1) is 31.2. The number of benzene rings is 3. The number of rotatable bonds is 9. The van der Waals surface area contributed by atoms with Crippen molar-refractivity contribution in [1.82, 2.24) is 0 Å². The summed E-state index contributed by atoms with van der Waals surface area (Å²) in [4.78, 5) is 0. The highest BCUT2D eigenvalue weighted by molar-refractivity contribution is 5.41. The largest absolute Gasteiger partial charge is 0.207 e. The van der Waals surface area contributed by atoms with E-state index in [-0.39, 0.29) is 51.9 Å². The van der Waals surface area contributed by atoms with Crippen molar-refractivity contribution in [3.8, 4) is 6.07 Å². The Kier molecular flexibility index (Phi) is 9.84. The van der Waals surface area contributed by atoms with E-state index in [1.807, 2.05) is 12.1 Å². The van der Waals surface area contributed by atoms with Crippen LogP contribution in [0.5, 0.6) is 0 Å². The molecule has 1 saturated carbocycles. The molecule has 3 aromatic rings. The molecule has 0 bridgehead atoms. The molecule has 0 radical (unpaired) electrons. The molecule has 2 aliphatic rings. The average Bonchev–Trinajstić information content (AvgIpc) is 3.01. The summed E-state index contributed by atoms with van der Waals surface area (Å²) in [5.41, 5.74) is 1.46. The summed E-state index contributed by atoms with van der Waals surface area (Å²) in [5, 5.41) is 8.93. The average molecular weight is 598 g/mol. The lowest BCUT2D eigenvalue weighted by Crippen LogP contribution is -2.23. The minimum Gasteiger partial charge on any atom is -0.207 e. The molecule has 7 heteroatoms. The molecule has 0 saturated heterocycles. The molecule has 2 aliphatic carbocycles. The van der Waals surface area contributed by atoms with Gasteiger partial charge in [-0.2, -0.15) is 5.26 Å². The van der Waals surface area contributed by atoms with Gasteiger partial charge in [0.1, 0.15) is 17.7 Å². The van der Waals surface area contributed by atoms with Crippen molar-refractivity contribution in [2.75, 3.05) is 0 Å². The highest BCUT2D eigenvalue weighted by Crippen LogP contribution is 2.45. The van der Waals surface area contributed by atoms with Crippen LogP contribution in [0.25, 0.3) is 0 Å². The molecule has 0 amide bonds. The topological polar surface area (TPSA) is 23.8 Å². The first-order chi connectivity index (χ1) is 20.7. The van der Waals surface area contributed by atoms with E-state index in [4.69, 9.17) is 5.26 Å². The van der Waals surface area contributed by atoms with Gasteiger partial charge in [0.05, 0.1) is 5.56 Å². The Morgan fingerprint density at radius 1 is 0.744 bits per heavy atom. The highest BCUT2D eigenvalue weighted by atomic mass is 19.2. The van der Waals surface area contributed by atoms with E-state index in [2.05, 4.69) is 6.92 Å². The summed E-state index contributed by atoms with van der Waals surface area (Å²) in [7, 11) is 0. The van der Waals surface area contributed by atoms with Gasteiger partial charge in [0.2, 0.25) is 0 Å². The number of fused-ring (bicyclic) bond motifs is 1. The highest BCUT2D eigenvalue weighted by Gasteiger charge is 2.35. The van der Waals surface area contributed by atoms with E-state index >= 15 is 13.2 Å². The molecule has 1 fully saturated rings. The van der Waals surface area contributed by atoms with E-state index in [1.54, 1.807) is 12.1 Å². The van der Waals surface area contributed by atoms with Crippen LogP contribution in [0, 0.1) is 52.2 Å². The Hall–Kier alpha value is -3.27. The molecule has 3 aromatic carbocycles. The fourth-order valence-corrected chi connectivity index (χ4v) is 7.14. The van der Waals surface area contributed by atoms with Gasteiger partial charge in [-0.05, 0) is 128 Å². The lowest BCUT2D eigenvalue weighted by atomic mass is 9.73. The smallest absolute Gasteiger partial charge is 0.176 e. The second kappa shape index (κ2) is 13.6. The molecule has 0 spiro atoms. The van der Waals surface area contributed by atoms with Crippen LogP contribution in [-0.4, -0.2) is 0 Å². The van der Waals surface area contributed by atoms with E-state index in [0.29, 0.717) is 56.9 Å². The Balaban J connectivity index is 1.24. The first-order valence-electron chi connectivity index (χ1n) is 15.6. The van der Waals surface area contributed by atoms with Crippen molar-refractivity contribution in [3.63, 3.8) is 0 Å². The van der Waals surface area contributed by atoms with Crippen LogP contribution >= 0.6 is 0 Å². The van der Waals surface area contributed by atoms with Gasteiger partial charge in [0, 0.05) is 5.56 Å². The zero-order chi connectivity index (χ0) is 30.7.